The molecule has 612 valence electrons. The summed E-state index contributed by atoms with van der Waals surface area (Å²) < 4.78 is 68.8. The van der Waals surface area contributed by atoms with Crippen LogP contribution in [0, 0.1) is 5.92 Å². The molecule has 0 saturated heterocycles. The third-order valence-electron chi connectivity index (χ3n) is 19.8. The summed E-state index contributed by atoms with van der Waals surface area (Å²) in [4.78, 5) is 73.2. The number of aliphatic hydroxyl groups is 1. The topological polar surface area (TPSA) is 237 Å². The fourth-order valence-electron chi connectivity index (χ4n) is 13.1. The van der Waals surface area contributed by atoms with E-state index in [-0.39, 0.29) is 25.7 Å². The van der Waals surface area contributed by atoms with Gasteiger partial charge in [0.25, 0.3) is 0 Å². The molecule has 0 bridgehead atoms. The minimum Gasteiger partial charge on any atom is -0.462 e. The Morgan fingerprint density at radius 1 is 0.262 bits per heavy atom. The second-order valence-electron chi connectivity index (χ2n) is 30.7. The zero-order valence-electron chi connectivity index (χ0n) is 67.5. The molecule has 0 aromatic carbocycles. The van der Waals surface area contributed by atoms with Gasteiger partial charge in [0.2, 0.25) is 0 Å². The largest absolute Gasteiger partial charge is 0.472 e. The van der Waals surface area contributed by atoms with Crippen LogP contribution >= 0.6 is 15.6 Å². The summed E-state index contributed by atoms with van der Waals surface area (Å²) in [5.41, 5.74) is 0. The van der Waals surface area contributed by atoms with Crippen molar-refractivity contribution in [3.05, 3.63) is 0 Å². The molecule has 0 aliphatic rings. The van der Waals surface area contributed by atoms with Crippen LogP contribution in [0.15, 0.2) is 0 Å². The first-order valence-corrected chi connectivity index (χ1v) is 46.6. The van der Waals surface area contributed by atoms with Gasteiger partial charge >= 0.3 is 39.5 Å². The van der Waals surface area contributed by atoms with E-state index in [9.17, 15) is 43.2 Å². The Labute approximate surface area is 632 Å². The second-order valence-corrected chi connectivity index (χ2v) is 33.6. The first-order valence-electron chi connectivity index (χ1n) is 43.6. The lowest BCUT2D eigenvalue weighted by Gasteiger charge is -2.21. The van der Waals surface area contributed by atoms with Gasteiger partial charge in [-0.2, -0.15) is 0 Å². The molecule has 0 amide bonds. The minimum absolute atomic E-state index is 0.108. The van der Waals surface area contributed by atoms with Gasteiger partial charge in [0.15, 0.2) is 12.2 Å². The van der Waals surface area contributed by atoms with Gasteiger partial charge in [0.1, 0.15) is 19.3 Å². The van der Waals surface area contributed by atoms with Crippen LogP contribution < -0.4 is 0 Å². The fourth-order valence-corrected chi connectivity index (χ4v) is 14.7. The molecule has 5 atom stereocenters. The van der Waals surface area contributed by atoms with E-state index in [1.807, 2.05) is 0 Å². The highest BCUT2D eigenvalue weighted by Gasteiger charge is 2.30. The number of phosphoric ester groups is 2. The lowest BCUT2D eigenvalue weighted by Crippen LogP contribution is -2.30. The van der Waals surface area contributed by atoms with Gasteiger partial charge in [-0.3, -0.25) is 37.3 Å². The quantitative estimate of drug-likeness (QED) is 0.0222. The Morgan fingerprint density at radius 3 is 0.660 bits per heavy atom. The van der Waals surface area contributed by atoms with Crippen molar-refractivity contribution in [2.75, 3.05) is 39.6 Å². The smallest absolute Gasteiger partial charge is 0.462 e. The molecule has 0 aromatic heterocycles. The van der Waals surface area contributed by atoms with E-state index in [1.165, 1.54) is 276 Å². The van der Waals surface area contributed by atoms with Gasteiger partial charge in [-0.15, -0.1) is 0 Å². The van der Waals surface area contributed by atoms with Crippen LogP contribution in [-0.4, -0.2) is 96.7 Å². The van der Waals surface area contributed by atoms with E-state index in [2.05, 4.69) is 34.6 Å². The number of aliphatic hydroxyl groups excluding tert-OH is 1. The summed E-state index contributed by atoms with van der Waals surface area (Å²) in [6.45, 7) is 7.34. The summed E-state index contributed by atoms with van der Waals surface area (Å²) in [6, 6.07) is 0. The van der Waals surface area contributed by atoms with Crippen molar-refractivity contribution in [3.63, 3.8) is 0 Å². The van der Waals surface area contributed by atoms with Crippen LogP contribution in [0.25, 0.3) is 0 Å². The molecule has 2 unspecified atom stereocenters. The fraction of sp³-hybridized carbons (Fsp3) is 0.952. The third kappa shape index (κ3) is 78.0. The molecule has 0 aromatic rings. The summed E-state index contributed by atoms with van der Waals surface area (Å²) in [6.07, 6.45) is 69.4. The highest BCUT2D eigenvalue weighted by atomic mass is 31.2. The summed E-state index contributed by atoms with van der Waals surface area (Å²) in [5.74, 6) is -1.36. The van der Waals surface area contributed by atoms with Gasteiger partial charge in [-0.1, -0.05) is 401 Å². The Bertz CT molecular complexity index is 1960. The Balaban J connectivity index is 5.24. The van der Waals surface area contributed by atoms with Gasteiger partial charge in [-0.25, -0.2) is 9.13 Å². The van der Waals surface area contributed by atoms with E-state index < -0.39 is 97.5 Å². The van der Waals surface area contributed by atoms with Crippen molar-refractivity contribution in [1.29, 1.82) is 0 Å². The normalized spacial score (nSPS) is 13.8. The van der Waals surface area contributed by atoms with Gasteiger partial charge in [0.05, 0.1) is 26.4 Å². The standard InChI is InChI=1S/C84H164O17P2/c1-6-9-12-15-18-21-24-27-30-32-33-34-35-36-38-41-44-49-55-60-65-70-84(89)100-79(73-94-81(86)67-62-57-52-47-42-40-37-31-28-25-22-19-16-13-10-7-2)75-98-102(90,91)96-71-78(85)72-97-103(92,93)99-76-80(74-95-82(87)68-63-58-53-50-45-46-51-56-61-66-77(4)5)101-83(88)69-64-59-54-48-43-39-29-26-23-20-17-14-11-8-3/h77-80,85H,6-76H2,1-5H3,(H,90,91)(H,92,93)/t78-,79-,80-/m1/s1. The van der Waals surface area contributed by atoms with Crippen molar-refractivity contribution in [3.8, 4) is 0 Å². The monoisotopic (exact) mass is 1510 g/mol. The number of unbranched alkanes of at least 4 members (excludes halogenated alkanes) is 56. The molecule has 0 rings (SSSR count). The lowest BCUT2D eigenvalue weighted by atomic mass is 10.0. The van der Waals surface area contributed by atoms with Crippen LogP contribution in [0.4, 0.5) is 0 Å². The molecule has 0 saturated carbocycles. The molecular weight excluding hydrogens is 1340 g/mol. The van der Waals surface area contributed by atoms with E-state index in [0.29, 0.717) is 25.7 Å². The lowest BCUT2D eigenvalue weighted by molar-refractivity contribution is -0.161. The number of phosphoric acid groups is 2. The van der Waals surface area contributed by atoms with Gasteiger partial charge in [0, 0.05) is 25.7 Å². The average molecular weight is 1510 g/mol. The predicted octanol–water partition coefficient (Wildman–Crippen LogP) is 25.6. The molecule has 0 aliphatic carbocycles. The minimum atomic E-state index is -4.96. The Hall–Kier alpha value is -1.94. The average Bonchev–Trinajstić information content (AvgIpc) is 0.924. The van der Waals surface area contributed by atoms with Crippen LogP contribution in [0.3, 0.4) is 0 Å². The highest BCUT2D eigenvalue weighted by Crippen LogP contribution is 2.45. The predicted molar refractivity (Wildman–Crippen MR) is 423 cm³/mol. The number of hydrogen-bond donors (Lipinski definition) is 3. The van der Waals surface area contributed by atoms with Crippen LogP contribution in [0.2, 0.25) is 0 Å². The van der Waals surface area contributed by atoms with Crippen LogP contribution in [0.1, 0.15) is 452 Å². The SMILES string of the molecule is CCCCCCCCCCCCCCCCCCCCCCCC(=O)O[C@H](COC(=O)CCCCCCCCCCCCCCCCCC)COP(=O)(O)OC[C@@H](O)COP(=O)(O)OC[C@@H](COC(=O)CCCCCCCCCCCC(C)C)OC(=O)CCCCCCCCCCCCCCCC. The van der Waals surface area contributed by atoms with E-state index in [0.717, 1.165) is 95.8 Å². The maximum atomic E-state index is 13.1. The molecule has 0 heterocycles. The zero-order valence-corrected chi connectivity index (χ0v) is 69.3. The first kappa shape index (κ1) is 101. The Kier molecular flexibility index (Phi) is 75.4. The summed E-state index contributed by atoms with van der Waals surface area (Å²) in [5, 5.41) is 10.7. The molecule has 103 heavy (non-hydrogen) atoms. The zero-order chi connectivity index (χ0) is 75.5. The van der Waals surface area contributed by atoms with Gasteiger partial charge in [-0.05, 0) is 31.6 Å². The summed E-state index contributed by atoms with van der Waals surface area (Å²) >= 11 is 0. The number of ether oxygens (including phenoxy) is 4. The third-order valence-corrected chi connectivity index (χ3v) is 21.7. The number of esters is 4. The summed E-state index contributed by atoms with van der Waals surface area (Å²) in [7, 11) is -9.92. The number of carbonyl (C=O) groups excluding carboxylic acids is 4. The van der Waals surface area contributed by atoms with Crippen molar-refractivity contribution in [1.82, 2.24) is 0 Å². The molecule has 17 nitrogen and oxygen atoms in total. The molecule has 0 radical (unpaired) electrons. The van der Waals surface area contributed by atoms with E-state index in [4.69, 9.17) is 37.0 Å². The van der Waals surface area contributed by atoms with Crippen molar-refractivity contribution >= 4 is 39.5 Å². The number of hydrogen-bond acceptors (Lipinski definition) is 15. The number of rotatable bonds is 84. The van der Waals surface area contributed by atoms with E-state index in [1.54, 1.807) is 0 Å². The van der Waals surface area contributed by atoms with E-state index >= 15 is 0 Å². The Morgan fingerprint density at radius 2 is 0.447 bits per heavy atom. The molecule has 0 spiro atoms. The maximum Gasteiger partial charge on any atom is 0.472 e. The van der Waals surface area contributed by atoms with Crippen LogP contribution in [-0.2, 0) is 65.4 Å². The van der Waals surface area contributed by atoms with Gasteiger partial charge < -0.3 is 33.8 Å². The molecule has 0 aliphatic heterocycles. The molecule has 3 N–H and O–H groups in total. The molecular formula is C84H164O17P2. The molecule has 0 fully saturated rings. The van der Waals surface area contributed by atoms with Crippen molar-refractivity contribution in [2.24, 2.45) is 5.92 Å². The second kappa shape index (κ2) is 76.8. The highest BCUT2D eigenvalue weighted by molar-refractivity contribution is 7.47. The first-order chi connectivity index (χ1) is 50.0. The van der Waals surface area contributed by atoms with Crippen molar-refractivity contribution < 1.29 is 80.2 Å². The maximum absolute atomic E-state index is 13.1. The van der Waals surface area contributed by atoms with Crippen molar-refractivity contribution in [2.45, 2.75) is 470 Å². The molecule has 19 heteroatoms. The number of carbonyl (C=O) groups is 4. The van der Waals surface area contributed by atoms with Crippen LogP contribution in [0.5, 0.6) is 0 Å².